The molecule has 34 heavy (non-hydrogen) atoms. The summed E-state index contributed by atoms with van der Waals surface area (Å²) in [6.07, 6.45) is 0. The fraction of sp³-hybridized carbons (Fsp3) is 0.0357. The van der Waals surface area contributed by atoms with Crippen molar-refractivity contribution in [2.75, 3.05) is 0 Å². The van der Waals surface area contributed by atoms with E-state index in [1.807, 2.05) is 66.7 Å². The zero-order valence-electron chi connectivity index (χ0n) is 18.2. The molecule has 6 heteroatoms. The zero-order valence-corrected chi connectivity index (χ0v) is 19.0. The van der Waals surface area contributed by atoms with Crippen molar-refractivity contribution in [3.05, 3.63) is 147 Å². The van der Waals surface area contributed by atoms with E-state index in [1.54, 1.807) is 23.5 Å². The Morgan fingerprint density at radius 1 is 0.735 bits per heavy atom. The molecule has 0 saturated heterocycles. The minimum atomic E-state index is -0.381. The molecule has 0 unspecified atom stereocenters. The molecule has 5 nitrogen and oxygen atoms in total. The Morgan fingerprint density at radius 2 is 1.26 bits per heavy atom. The van der Waals surface area contributed by atoms with Gasteiger partial charge in [-0.05, 0) is 41.0 Å². The van der Waals surface area contributed by atoms with E-state index < -0.39 is 0 Å². The third kappa shape index (κ3) is 4.44. The predicted molar refractivity (Wildman–Crippen MR) is 136 cm³/mol. The van der Waals surface area contributed by atoms with Crippen molar-refractivity contribution in [3.8, 4) is 16.9 Å². The minimum absolute atomic E-state index is 0.0726. The molecule has 0 saturated carbocycles. The summed E-state index contributed by atoms with van der Waals surface area (Å²) in [6, 6.07) is 37.1. The minimum Gasteiger partial charge on any atom is -0.285 e. The topological polar surface area (TPSA) is 60.4 Å². The first-order chi connectivity index (χ1) is 16.7. The number of nitro benzene ring substituents is 1. The van der Waals surface area contributed by atoms with E-state index in [4.69, 9.17) is 4.99 Å². The molecular formula is C28H21N3O2S. The molecule has 1 aromatic heterocycles. The van der Waals surface area contributed by atoms with Crippen LogP contribution in [-0.4, -0.2) is 9.49 Å². The lowest BCUT2D eigenvalue weighted by Crippen LogP contribution is -2.16. The Morgan fingerprint density at radius 3 is 1.79 bits per heavy atom. The molecule has 166 valence electrons. The Bertz CT molecular complexity index is 1420. The summed E-state index contributed by atoms with van der Waals surface area (Å²) < 4.78 is 2.12. The summed E-state index contributed by atoms with van der Waals surface area (Å²) in [4.78, 5) is 16.8. The second kappa shape index (κ2) is 9.68. The molecule has 5 rings (SSSR count). The van der Waals surface area contributed by atoms with Crippen molar-refractivity contribution in [1.82, 2.24) is 4.57 Å². The van der Waals surface area contributed by atoms with E-state index in [0.717, 1.165) is 32.9 Å². The SMILES string of the molecule is O=[N+]([O-])c1ccc(-c2csc(=NC(c3ccccc3)c3ccccc3)n2-c2ccccc2)cc1. The summed E-state index contributed by atoms with van der Waals surface area (Å²) in [5, 5.41) is 13.2. The lowest BCUT2D eigenvalue weighted by molar-refractivity contribution is -0.384. The quantitative estimate of drug-likeness (QED) is 0.205. The van der Waals surface area contributed by atoms with Crippen LogP contribution in [0.3, 0.4) is 0 Å². The third-order valence-corrected chi connectivity index (χ3v) is 6.41. The largest absolute Gasteiger partial charge is 0.285 e. The summed E-state index contributed by atoms with van der Waals surface area (Å²) in [5.41, 5.74) is 5.10. The number of aromatic nitrogens is 1. The van der Waals surface area contributed by atoms with Gasteiger partial charge in [-0.1, -0.05) is 78.9 Å². The number of nitro groups is 1. The van der Waals surface area contributed by atoms with Crippen LogP contribution in [0.4, 0.5) is 5.69 Å². The van der Waals surface area contributed by atoms with E-state index in [0.29, 0.717) is 0 Å². The van der Waals surface area contributed by atoms with Crippen molar-refractivity contribution in [2.45, 2.75) is 6.04 Å². The van der Waals surface area contributed by atoms with Gasteiger partial charge in [0.2, 0.25) is 0 Å². The number of hydrogen-bond acceptors (Lipinski definition) is 4. The van der Waals surface area contributed by atoms with Crippen LogP contribution in [0.2, 0.25) is 0 Å². The van der Waals surface area contributed by atoms with Crippen LogP contribution in [-0.2, 0) is 0 Å². The highest BCUT2D eigenvalue weighted by Crippen LogP contribution is 2.28. The third-order valence-electron chi connectivity index (χ3n) is 5.57. The van der Waals surface area contributed by atoms with E-state index in [1.165, 1.54) is 12.1 Å². The predicted octanol–water partition coefficient (Wildman–Crippen LogP) is 6.80. The van der Waals surface area contributed by atoms with Crippen LogP contribution < -0.4 is 4.80 Å². The molecule has 1 heterocycles. The molecule has 0 atom stereocenters. The van der Waals surface area contributed by atoms with Crippen molar-refractivity contribution in [1.29, 1.82) is 0 Å². The van der Waals surface area contributed by atoms with Gasteiger partial charge < -0.3 is 0 Å². The Kier molecular flexibility index (Phi) is 6.14. The molecule has 0 radical (unpaired) electrons. The normalized spacial score (nSPS) is 11.6. The van der Waals surface area contributed by atoms with Crippen molar-refractivity contribution < 1.29 is 4.92 Å². The molecule has 0 N–H and O–H groups in total. The molecular weight excluding hydrogens is 442 g/mol. The summed E-state index contributed by atoms with van der Waals surface area (Å²) >= 11 is 1.56. The number of hydrogen-bond donors (Lipinski definition) is 0. The molecule has 0 bridgehead atoms. The number of thiazole rings is 1. The first-order valence-electron chi connectivity index (χ1n) is 10.9. The van der Waals surface area contributed by atoms with Crippen molar-refractivity contribution >= 4 is 17.0 Å². The first-order valence-corrected chi connectivity index (χ1v) is 11.7. The van der Waals surface area contributed by atoms with Gasteiger partial charge in [0.25, 0.3) is 5.69 Å². The fourth-order valence-electron chi connectivity index (χ4n) is 3.91. The molecule has 0 fully saturated rings. The van der Waals surface area contributed by atoms with Gasteiger partial charge in [0, 0.05) is 23.2 Å². The molecule has 0 aliphatic carbocycles. The van der Waals surface area contributed by atoms with Crippen LogP contribution in [0.1, 0.15) is 17.2 Å². The number of nitrogens with zero attached hydrogens (tertiary/aromatic N) is 3. The number of benzene rings is 4. The van der Waals surface area contributed by atoms with Crippen LogP contribution in [0, 0.1) is 10.1 Å². The van der Waals surface area contributed by atoms with Crippen molar-refractivity contribution in [3.63, 3.8) is 0 Å². The van der Waals surface area contributed by atoms with Gasteiger partial charge in [0.1, 0.15) is 6.04 Å². The molecule has 0 spiro atoms. The first kappa shape index (κ1) is 21.6. The summed E-state index contributed by atoms with van der Waals surface area (Å²) in [5.74, 6) is 0. The van der Waals surface area contributed by atoms with Gasteiger partial charge in [-0.25, -0.2) is 4.99 Å². The maximum Gasteiger partial charge on any atom is 0.269 e. The van der Waals surface area contributed by atoms with Gasteiger partial charge >= 0.3 is 0 Å². The maximum absolute atomic E-state index is 11.1. The van der Waals surface area contributed by atoms with E-state index in [9.17, 15) is 10.1 Å². The van der Waals surface area contributed by atoms with Gasteiger partial charge in [-0.15, -0.1) is 11.3 Å². The Balaban J connectivity index is 1.71. The second-order valence-electron chi connectivity index (χ2n) is 7.73. The van der Waals surface area contributed by atoms with Crippen LogP contribution in [0.15, 0.2) is 126 Å². The molecule has 0 amide bonds. The van der Waals surface area contributed by atoms with Gasteiger partial charge in [0.05, 0.1) is 10.6 Å². The lowest BCUT2D eigenvalue weighted by Gasteiger charge is -2.14. The number of non-ortho nitro benzene ring substituents is 1. The molecule has 0 aliphatic rings. The smallest absolute Gasteiger partial charge is 0.269 e. The van der Waals surface area contributed by atoms with Crippen LogP contribution >= 0.6 is 11.3 Å². The molecule has 5 aromatic rings. The van der Waals surface area contributed by atoms with Gasteiger partial charge in [0.15, 0.2) is 4.80 Å². The highest BCUT2D eigenvalue weighted by Gasteiger charge is 2.16. The van der Waals surface area contributed by atoms with Crippen LogP contribution in [0.5, 0.6) is 0 Å². The zero-order chi connectivity index (χ0) is 23.3. The monoisotopic (exact) mass is 463 g/mol. The Hall–Kier alpha value is -4.29. The van der Waals surface area contributed by atoms with E-state index >= 15 is 0 Å². The highest BCUT2D eigenvalue weighted by atomic mass is 32.1. The second-order valence-corrected chi connectivity index (χ2v) is 8.57. The van der Waals surface area contributed by atoms with Gasteiger partial charge in [-0.3, -0.25) is 14.7 Å². The number of rotatable bonds is 6. The fourth-order valence-corrected chi connectivity index (χ4v) is 4.84. The van der Waals surface area contributed by atoms with E-state index in [-0.39, 0.29) is 16.7 Å². The van der Waals surface area contributed by atoms with Crippen LogP contribution in [0.25, 0.3) is 16.9 Å². The van der Waals surface area contributed by atoms with Gasteiger partial charge in [-0.2, -0.15) is 0 Å². The average molecular weight is 464 g/mol. The lowest BCUT2D eigenvalue weighted by atomic mass is 9.99. The average Bonchev–Trinajstić information content (AvgIpc) is 3.32. The maximum atomic E-state index is 11.1. The summed E-state index contributed by atoms with van der Waals surface area (Å²) in [6.45, 7) is 0. The number of para-hydroxylation sites is 1. The molecule has 0 aliphatic heterocycles. The van der Waals surface area contributed by atoms with Crippen molar-refractivity contribution in [2.24, 2.45) is 4.99 Å². The van der Waals surface area contributed by atoms with E-state index in [2.05, 4.69) is 34.2 Å². The standard InChI is InChI=1S/C28H21N3O2S/c32-31(33)25-18-16-21(17-19-25)26-20-34-28(30(26)24-14-8-3-9-15-24)29-27(22-10-4-1-5-11-22)23-12-6-2-7-13-23/h1-20,27H. The Labute approximate surface area is 201 Å². The highest BCUT2D eigenvalue weighted by molar-refractivity contribution is 7.07. The summed E-state index contributed by atoms with van der Waals surface area (Å²) in [7, 11) is 0. The molecule has 4 aromatic carbocycles.